The third-order valence-corrected chi connectivity index (χ3v) is 6.77. The number of anilines is 1. The van der Waals surface area contributed by atoms with E-state index < -0.39 is 5.97 Å². The van der Waals surface area contributed by atoms with Crippen molar-refractivity contribution in [1.82, 2.24) is 14.8 Å². The first-order chi connectivity index (χ1) is 14.6. The number of aromatic nitrogens is 1. The number of carbonyl (C=O) groups excluding carboxylic acids is 1. The molecule has 0 bridgehead atoms. The summed E-state index contributed by atoms with van der Waals surface area (Å²) >= 11 is 0. The quantitative estimate of drug-likeness (QED) is 0.731. The lowest BCUT2D eigenvalue weighted by Crippen LogP contribution is -2.45. The standard InChI is InChI=1S/C22H32N4O4/c27-21(28)15-17-3-10-24(11-4-17)12-7-20-16-26(22(29)30-20)19-5-13-25(14-6-19)18-1-8-23-9-2-18/h1-2,8-9,17,19-20H,3-7,10-16H2,(H,27,28). The highest BCUT2D eigenvalue weighted by molar-refractivity contribution is 5.70. The number of piperidine rings is 2. The van der Waals surface area contributed by atoms with Crippen LogP contribution in [0, 0.1) is 5.92 Å². The molecular formula is C22H32N4O4. The largest absolute Gasteiger partial charge is 0.481 e. The Morgan fingerprint density at radius 2 is 1.80 bits per heavy atom. The van der Waals surface area contributed by atoms with Gasteiger partial charge < -0.3 is 24.5 Å². The Bertz CT molecular complexity index is 715. The van der Waals surface area contributed by atoms with Gasteiger partial charge in [-0.1, -0.05) is 0 Å². The smallest absolute Gasteiger partial charge is 0.410 e. The summed E-state index contributed by atoms with van der Waals surface area (Å²) < 4.78 is 5.66. The van der Waals surface area contributed by atoms with Crippen molar-refractivity contribution in [2.24, 2.45) is 5.92 Å². The topological polar surface area (TPSA) is 86.2 Å². The third-order valence-electron chi connectivity index (χ3n) is 6.77. The highest BCUT2D eigenvalue weighted by Gasteiger charge is 2.37. The van der Waals surface area contributed by atoms with Crippen LogP contribution in [0.5, 0.6) is 0 Å². The van der Waals surface area contributed by atoms with Gasteiger partial charge in [0.1, 0.15) is 6.10 Å². The summed E-state index contributed by atoms with van der Waals surface area (Å²) in [4.78, 5) is 34.1. The molecule has 0 spiro atoms. The van der Waals surface area contributed by atoms with E-state index in [0.29, 0.717) is 12.5 Å². The normalized spacial score (nSPS) is 24.3. The molecule has 1 aromatic heterocycles. The number of ether oxygens (including phenoxy) is 1. The van der Waals surface area contributed by atoms with E-state index in [2.05, 4.69) is 14.8 Å². The summed E-state index contributed by atoms with van der Waals surface area (Å²) in [5.74, 6) is -0.394. The second-order valence-electron chi connectivity index (χ2n) is 8.75. The second-order valence-corrected chi connectivity index (χ2v) is 8.75. The molecule has 0 aromatic carbocycles. The van der Waals surface area contributed by atoms with Gasteiger partial charge in [-0.25, -0.2) is 4.79 Å². The monoisotopic (exact) mass is 416 g/mol. The molecule has 4 heterocycles. The van der Waals surface area contributed by atoms with Crippen molar-refractivity contribution in [3.05, 3.63) is 24.5 Å². The van der Waals surface area contributed by atoms with E-state index in [4.69, 9.17) is 9.84 Å². The molecule has 1 unspecified atom stereocenters. The Balaban J connectivity index is 1.18. The van der Waals surface area contributed by atoms with E-state index in [1.807, 2.05) is 29.4 Å². The maximum Gasteiger partial charge on any atom is 0.410 e. The number of cyclic esters (lactones) is 1. The Labute approximate surface area is 177 Å². The number of carbonyl (C=O) groups is 2. The molecule has 30 heavy (non-hydrogen) atoms. The van der Waals surface area contributed by atoms with Crippen molar-refractivity contribution in [2.45, 2.75) is 50.7 Å². The van der Waals surface area contributed by atoms with Gasteiger partial charge in [-0.3, -0.25) is 9.78 Å². The van der Waals surface area contributed by atoms with Gasteiger partial charge in [-0.15, -0.1) is 0 Å². The second kappa shape index (κ2) is 9.64. The number of amides is 1. The lowest BCUT2D eigenvalue weighted by Gasteiger charge is -2.36. The molecule has 3 aliphatic rings. The molecule has 8 heteroatoms. The first kappa shape index (κ1) is 20.9. The van der Waals surface area contributed by atoms with Crippen molar-refractivity contribution < 1.29 is 19.4 Å². The van der Waals surface area contributed by atoms with Crippen LogP contribution in [0.3, 0.4) is 0 Å². The maximum absolute atomic E-state index is 12.4. The van der Waals surface area contributed by atoms with E-state index in [9.17, 15) is 9.59 Å². The van der Waals surface area contributed by atoms with Crippen LogP contribution in [-0.2, 0) is 9.53 Å². The first-order valence-electron chi connectivity index (χ1n) is 11.1. The number of hydrogen-bond acceptors (Lipinski definition) is 6. The summed E-state index contributed by atoms with van der Waals surface area (Å²) in [6.45, 7) is 5.36. The zero-order valence-corrected chi connectivity index (χ0v) is 17.5. The molecule has 1 atom stereocenters. The third kappa shape index (κ3) is 5.22. The number of hydrogen-bond donors (Lipinski definition) is 1. The average Bonchev–Trinajstić information content (AvgIpc) is 3.14. The Morgan fingerprint density at radius 3 is 2.47 bits per heavy atom. The van der Waals surface area contributed by atoms with Crippen molar-refractivity contribution >= 4 is 17.7 Å². The van der Waals surface area contributed by atoms with Crippen LogP contribution in [0.15, 0.2) is 24.5 Å². The van der Waals surface area contributed by atoms with Gasteiger partial charge in [0.2, 0.25) is 0 Å². The number of likely N-dealkylation sites (tertiary alicyclic amines) is 1. The van der Waals surface area contributed by atoms with Crippen molar-refractivity contribution in [3.63, 3.8) is 0 Å². The van der Waals surface area contributed by atoms with Crippen LogP contribution < -0.4 is 4.90 Å². The van der Waals surface area contributed by atoms with E-state index in [0.717, 1.165) is 64.8 Å². The van der Waals surface area contributed by atoms with E-state index in [1.54, 1.807) is 0 Å². The molecule has 0 saturated carbocycles. The van der Waals surface area contributed by atoms with E-state index >= 15 is 0 Å². The van der Waals surface area contributed by atoms with Crippen molar-refractivity contribution in [3.8, 4) is 0 Å². The fourth-order valence-electron chi connectivity index (χ4n) is 4.97. The lowest BCUT2D eigenvalue weighted by atomic mass is 9.93. The zero-order chi connectivity index (χ0) is 20.9. The van der Waals surface area contributed by atoms with Crippen LogP contribution in [0.2, 0.25) is 0 Å². The van der Waals surface area contributed by atoms with Gasteiger partial charge in [0, 0.05) is 50.2 Å². The van der Waals surface area contributed by atoms with Gasteiger partial charge in [0.05, 0.1) is 6.54 Å². The van der Waals surface area contributed by atoms with Crippen molar-refractivity contribution in [2.75, 3.05) is 44.2 Å². The molecule has 1 N–H and O–H groups in total. The fourth-order valence-corrected chi connectivity index (χ4v) is 4.97. The molecule has 0 radical (unpaired) electrons. The molecule has 0 aliphatic carbocycles. The Hall–Kier alpha value is -2.35. The summed E-state index contributed by atoms with van der Waals surface area (Å²) in [6.07, 6.45) is 8.37. The van der Waals surface area contributed by atoms with Crippen molar-refractivity contribution in [1.29, 1.82) is 0 Å². The molecular weight excluding hydrogens is 384 g/mol. The lowest BCUT2D eigenvalue weighted by molar-refractivity contribution is -0.138. The zero-order valence-electron chi connectivity index (χ0n) is 17.5. The van der Waals surface area contributed by atoms with Gasteiger partial charge in [0.15, 0.2) is 0 Å². The van der Waals surface area contributed by atoms with Gasteiger partial charge in [-0.2, -0.15) is 0 Å². The number of nitrogens with zero attached hydrogens (tertiary/aromatic N) is 4. The fraction of sp³-hybridized carbons (Fsp3) is 0.682. The molecule has 3 saturated heterocycles. The highest BCUT2D eigenvalue weighted by Crippen LogP contribution is 2.27. The summed E-state index contributed by atoms with van der Waals surface area (Å²) in [5, 5.41) is 8.94. The summed E-state index contributed by atoms with van der Waals surface area (Å²) in [6, 6.07) is 4.32. The van der Waals surface area contributed by atoms with Crippen LogP contribution >= 0.6 is 0 Å². The summed E-state index contributed by atoms with van der Waals surface area (Å²) in [5.41, 5.74) is 1.19. The number of pyridine rings is 1. The Morgan fingerprint density at radius 1 is 1.10 bits per heavy atom. The highest BCUT2D eigenvalue weighted by atomic mass is 16.6. The van der Waals surface area contributed by atoms with Crippen LogP contribution in [-0.4, -0.2) is 83.4 Å². The van der Waals surface area contributed by atoms with Gasteiger partial charge in [0.25, 0.3) is 0 Å². The molecule has 1 aromatic rings. The Kier molecular flexibility index (Phi) is 6.72. The van der Waals surface area contributed by atoms with E-state index in [-0.39, 0.29) is 24.7 Å². The van der Waals surface area contributed by atoms with Gasteiger partial charge in [-0.05, 0) is 63.2 Å². The van der Waals surface area contributed by atoms with Crippen LogP contribution in [0.1, 0.15) is 38.5 Å². The minimum atomic E-state index is -0.696. The van der Waals surface area contributed by atoms with Gasteiger partial charge >= 0.3 is 12.1 Å². The molecule has 1 amide bonds. The predicted octanol–water partition coefficient (Wildman–Crippen LogP) is 2.45. The minimum Gasteiger partial charge on any atom is -0.481 e. The number of carboxylic acid groups (broad SMARTS) is 1. The SMILES string of the molecule is O=C(O)CC1CCN(CCC2CN(C3CCN(c4ccncc4)CC3)C(=O)O2)CC1. The predicted molar refractivity (Wildman–Crippen MR) is 112 cm³/mol. The molecule has 164 valence electrons. The number of rotatable bonds is 7. The molecule has 4 rings (SSSR count). The van der Waals surface area contributed by atoms with Crippen LogP contribution in [0.4, 0.5) is 10.5 Å². The summed E-state index contributed by atoms with van der Waals surface area (Å²) in [7, 11) is 0. The molecule has 3 aliphatic heterocycles. The van der Waals surface area contributed by atoms with E-state index in [1.165, 1.54) is 5.69 Å². The average molecular weight is 417 g/mol. The maximum atomic E-state index is 12.4. The first-order valence-corrected chi connectivity index (χ1v) is 11.1. The molecule has 3 fully saturated rings. The van der Waals surface area contributed by atoms with Crippen LogP contribution in [0.25, 0.3) is 0 Å². The molecule has 8 nitrogen and oxygen atoms in total. The number of carboxylic acids is 1. The number of aliphatic carboxylic acids is 1. The minimum absolute atomic E-state index is 0.0347.